The van der Waals surface area contributed by atoms with Gasteiger partial charge in [-0.3, -0.25) is 4.79 Å². The minimum absolute atomic E-state index is 0.0809. The Morgan fingerprint density at radius 1 is 1.53 bits per heavy atom. The van der Waals surface area contributed by atoms with Crippen molar-refractivity contribution in [3.8, 4) is 0 Å². The molecule has 0 radical (unpaired) electrons. The Labute approximate surface area is 118 Å². The number of aromatic nitrogens is 1. The predicted molar refractivity (Wildman–Crippen MR) is 74.0 cm³/mol. The van der Waals surface area contributed by atoms with Gasteiger partial charge in [-0.15, -0.1) is 11.3 Å². The molecule has 0 aliphatic carbocycles. The first-order valence-corrected chi connectivity index (χ1v) is 6.66. The lowest BCUT2D eigenvalue weighted by Gasteiger charge is -2.00. The van der Waals surface area contributed by atoms with Crippen molar-refractivity contribution in [3.05, 3.63) is 45.7 Å². The molecule has 1 amide bonds. The molecule has 1 heterocycles. The fourth-order valence-corrected chi connectivity index (χ4v) is 2.53. The molecule has 0 fully saturated rings. The van der Waals surface area contributed by atoms with Crippen LogP contribution in [-0.2, 0) is 11.2 Å². The summed E-state index contributed by atoms with van der Waals surface area (Å²) in [6.45, 7) is -0.0809. The van der Waals surface area contributed by atoms with Crippen LogP contribution in [0.3, 0.4) is 0 Å². The highest BCUT2D eigenvalue weighted by atomic mass is 35.5. The normalized spacial score (nSPS) is 10.5. The van der Waals surface area contributed by atoms with Gasteiger partial charge in [0.05, 0.1) is 11.6 Å². The van der Waals surface area contributed by atoms with E-state index in [9.17, 15) is 9.18 Å². The number of rotatable bonds is 4. The van der Waals surface area contributed by atoms with Crippen LogP contribution in [0.25, 0.3) is 0 Å². The Hall–Kier alpha value is -1.50. The Bertz CT molecular complexity index is 602. The first-order valence-electron chi connectivity index (χ1n) is 5.47. The zero-order valence-electron chi connectivity index (χ0n) is 9.82. The van der Waals surface area contributed by atoms with E-state index in [4.69, 9.17) is 17.3 Å². The molecule has 0 aliphatic rings. The van der Waals surface area contributed by atoms with Crippen molar-refractivity contribution in [3.63, 3.8) is 0 Å². The summed E-state index contributed by atoms with van der Waals surface area (Å²) < 4.78 is 13.0. The smallest absolute Gasteiger partial charge is 0.239 e. The predicted octanol–water partition coefficient (Wildman–Crippen LogP) is 2.42. The third-order valence-electron chi connectivity index (χ3n) is 2.35. The minimum atomic E-state index is -0.439. The van der Waals surface area contributed by atoms with Crippen LogP contribution >= 0.6 is 22.9 Å². The molecule has 1 aromatic heterocycles. The van der Waals surface area contributed by atoms with Crippen molar-refractivity contribution in [2.75, 3.05) is 11.9 Å². The van der Waals surface area contributed by atoms with Crippen LogP contribution < -0.4 is 11.1 Å². The van der Waals surface area contributed by atoms with Crippen molar-refractivity contribution in [1.29, 1.82) is 0 Å². The molecular weight excluding hydrogens is 289 g/mol. The quantitative estimate of drug-likeness (QED) is 0.911. The molecule has 0 atom stereocenters. The van der Waals surface area contributed by atoms with E-state index in [0.717, 1.165) is 10.4 Å². The monoisotopic (exact) mass is 299 g/mol. The number of anilines is 1. The Morgan fingerprint density at radius 2 is 2.32 bits per heavy atom. The van der Waals surface area contributed by atoms with Gasteiger partial charge in [0.25, 0.3) is 0 Å². The summed E-state index contributed by atoms with van der Waals surface area (Å²) in [4.78, 5) is 16.1. The number of thiazole rings is 1. The number of carbonyl (C=O) groups is 1. The molecule has 7 heteroatoms. The number of nitrogens with two attached hydrogens (primary N) is 1. The molecule has 3 N–H and O–H groups in total. The van der Waals surface area contributed by atoms with Gasteiger partial charge in [0.1, 0.15) is 5.82 Å². The number of halogens is 2. The van der Waals surface area contributed by atoms with Gasteiger partial charge >= 0.3 is 0 Å². The third-order valence-corrected chi connectivity index (χ3v) is 3.55. The molecule has 2 aromatic rings. The largest absolute Gasteiger partial charge is 0.322 e. The van der Waals surface area contributed by atoms with Crippen LogP contribution in [0.2, 0.25) is 5.02 Å². The first-order chi connectivity index (χ1) is 9.08. The second-order valence-electron chi connectivity index (χ2n) is 3.81. The van der Waals surface area contributed by atoms with Crippen LogP contribution in [0, 0.1) is 5.82 Å². The van der Waals surface area contributed by atoms with Gasteiger partial charge in [-0.25, -0.2) is 9.37 Å². The number of nitrogens with zero attached hydrogens (tertiary/aromatic N) is 1. The molecule has 0 bridgehead atoms. The lowest BCUT2D eigenvalue weighted by atomic mass is 10.1. The highest BCUT2D eigenvalue weighted by Gasteiger charge is 2.07. The van der Waals surface area contributed by atoms with Gasteiger partial charge < -0.3 is 11.1 Å². The summed E-state index contributed by atoms with van der Waals surface area (Å²) in [5, 5.41) is 3.17. The van der Waals surface area contributed by atoms with Crippen LogP contribution in [0.1, 0.15) is 10.4 Å². The van der Waals surface area contributed by atoms with Gasteiger partial charge in [-0.2, -0.15) is 0 Å². The van der Waals surface area contributed by atoms with E-state index in [1.54, 1.807) is 18.3 Å². The lowest BCUT2D eigenvalue weighted by Crippen LogP contribution is -2.21. The lowest BCUT2D eigenvalue weighted by molar-refractivity contribution is -0.114. The SMILES string of the molecule is NCC(=O)Nc1ncc(Cc2ccc(F)c(Cl)c2)s1. The fraction of sp³-hybridized carbons (Fsp3) is 0.167. The zero-order chi connectivity index (χ0) is 13.8. The molecule has 0 aliphatic heterocycles. The number of carbonyl (C=O) groups excluding carboxylic acids is 1. The van der Waals surface area contributed by atoms with Gasteiger partial charge in [0, 0.05) is 17.5 Å². The molecule has 19 heavy (non-hydrogen) atoms. The standard InChI is InChI=1S/C12H11ClFN3OS/c13-9-4-7(1-2-10(9)14)3-8-6-16-12(19-8)17-11(18)5-15/h1-2,4,6H,3,5,15H2,(H,16,17,18). The summed E-state index contributed by atoms with van der Waals surface area (Å²) in [6.07, 6.45) is 2.24. The van der Waals surface area contributed by atoms with E-state index >= 15 is 0 Å². The molecule has 4 nitrogen and oxygen atoms in total. The van der Waals surface area contributed by atoms with Crippen molar-refractivity contribution in [1.82, 2.24) is 4.98 Å². The van der Waals surface area contributed by atoms with Crippen LogP contribution in [-0.4, -0.2) is 17.4 Å². The van der Waals surface area contributed by atoms with E-state index in [2.05, 4.69) is 10.3 Å². The maximum Gasteiger partial charge on any atom is 0.239 e. The van der Waals surface area contributed by atoms with Crippen LogP contribution in [0.15, 0.2) is 24.4 Å². The highest BCUT2D eigenvalue weighted by molar-refractivity contribution is 7.15. The summed E-state index contributed by atoms with van der Waals surface area (Å²) in [7, 11) is 0. The van der Waals surface area contributed by atoms with E-state index in [0.29, 0.717) is 11.6 Å². The molecule has 100 valence electrons. The van der Waals surface area contributed by atoms with Gasteiger partial charge in [-0.1, -0.05) is 17.7 Å². The summed E-state index contributed by atoms with van der Waals surface area (Å²) >= 11 is 7.06. The van der Waals surface area contributed by atoms with E-state index < -0.39 is 5.82 Å². The average molecular weight is 300 g/mol. The van der Waals surface area contributed by atoms with Crippen molar-refractivity contribution >= 4 is 34.0 Å². The van der Waals surface area contributed by atoms with Gasteiger partial charge in [0.15, 0.2) is 5.13 Å². The molecule has 2 rings (SSSR count). The molecule has 0 unspecified atom stereocenters. The summed E-state index contributed by atoms with van der Waals surface area (Å²) in [6, 6.07) is 4.57. The third kappa shape index (κ3) is 3.73. The van der Waals surface area contributed by atoms with E-state index in [1.807, 2.05) is 0 Å². The number of benzene rings is 1. The zero-order valence-corrected chi connectivity index (χ0v) is 11.4. The highest BCUT2D eigenvalue weighted by Crippen LogP contribution is 2.23. The van der Waals surface area contributed by atoms with Crippen molar-refractivity contribution in [2.24, 2.45) is 5.73 Å². The number of amides is 1. The van der Waals surface area contributed by atoms with E-state index in [-0.39, 0.29) is 17.5 Å². The van der Waals surface area contributed by atoms with Crippen molar-refractivity contribution in [2.45, 2.75) is 6.42 Å². The molecule has 0 saturated heterocycles. The van der Waals surface area contributed by atoms with Gasteiger partial charge in [0.2, 0.25) is 5.91 Å². The topological polar surface area (TPSA) is 68.0 Å². The molecule has 0 saturated carbocycles. The van der Waals surface area contributed by atoms with Gasteiger partial charge in [-0.05, 0) is 17.7 Å². The maximum atomic E-state index is 13.0. The Balaban J connectivity index is 2.07. The molecular formula is C12H11ClFN3OS. The van der Waals surface area contributed by atoms with Crippen LogP contribution in [0.4, 0.5) is 9.52 Å². The second kappa shape index (κ2) is 6.10. The van der Waals surface area contributed by atoms with Crippen molar-refractivity contribution < 1.29 is 9.18 Å². The molecule has 1 aromatic carbocycles. The Kier molecular flexibility index (Phi) is 4.47. The molecule has 0 spiro atoms. The Morgan fingerprint density at radius 3 is 3.00 bits per heavy atom. The summed E-state index contributed by atoms with van der Waals surface area (Å²) in [5.41, 5.74) is 6.08. The maximum absolute atomic E-state index is 13.0. The first kappa shape index (κ1) is 13.9. The minimum Gasteiger partial charge on any atom is -0.322 e. The van der Waals surface area contributed by atoms with Crippen LogP contribution in [0.5, 0.6) is 0 Å². The number of nitrogens with one attached hydrogen (secondary N) is 1. The second-order valence-corrected chi connectivity index (χ2v) is 5.33. The average Bonchev–Trinajstić information content (AvgIpc) is 2.81. The fourth-order valence-electron chi connectivity index (χ4n) is 1.47. The number of hydrogen-bond donors (Lipinski definition) is 2. The van der Waals surface area contributed by atoms with E-state index in [1.165, 1.54) is 17.4 Å². The number of hydrogen-bond acceptors (Lipinski definition) is 4. The summed E-state index contributed by atoms with van der Waals surface area (Å²) in [5.74, 6) is -0.726.